The van der Waals surface area contributed by atoms with Crippen molar-refractivity contribution >= 4 is 31.9 Å². The summed E-state index contributed by atoms with van der Waals surface area (Å²) in [5.74, 6) is 0.880. The number of hydrogen-bond donors (Lipinski definition) is 0. The molecule has 0 heterocycles. The summed E-state index contributed by atoms with van der Waals surface area (Å²) in [6.45, 7) is 4.23. The molecule has 0 N–H and O–H groups in total. The van der Waals surface area contributed by atoms with Gasteiger partial charge in [-0.2, -0.15) is 0 Å². The molecule has 1 rings (SSSR count). The number of methoxy groups -OCH3 is 1. The molecular weight excluding hydrogens is 346 g/mol. The molecule has 0 bridgehead atoms. The highest BCUT2D eigenvalue weighted by molar-refractivity contribution is 9.10. The maximum absolute atomic E-state index is 5.22. The lowest BCUT2D eigenvalue weighted by molar-refractivity contribution is 0.322. The van der Waals surface area contributed by atoms with E-state index in [0.717, 1.165) is 29.7 Å². The number of hydrogen-bond acceptors (Lipinski definition) is 2. The molecule has 0 fully saturated rings. The van der Waals surface area contributed by atoms with Crippen molar-refractivity contribution in [2.75, 3.05) is 20.7 Å². The second-order valence-corrected chi connectivity index (χ2v) is 6.69. The van der Waals surface area contributed by atoms with E-state index in [-0.39, 0.29) is 0 Å². The first kappa shape index (κ1) is 15.0. The number of rotatable bonds is 6. The Balaban J connectivity index is 2.53. The molecule has 0 amide bonds. The normalized spacial score (nSPS) is 12.8. The Labute approximate surface area is 121 Å². The molecule has 0 aliphatic heterocycles. The van der Waals surface area contributed by atoms with Crippen molar-refractivity contribution in [1.29, 1.82) is 0 Å². The van der Waals surface area contributed by atoms with Crippen LogP contribution in [0.4, 0.5) is 0 Å². The second-order valence-electron chi connectivity index (χ2n) is 4.28. The summed E-state index contributed by atoms with van der Waals surface area (Å²) < 4.78 is 6.23. The molecule has 0 aliphatic rings. The second kappa shape index (κ2) is 7.39. The van der Waals surface area contributed by atoms with Gasteiger partial charge in [0.25, 0.3) is 0 Å². The Kier molecular flexibility index (Phi) is 6.52. The van der Waals surface area contributed by atoms with Crippen LogP contribution in [0, 0.1) is 0 Å². The van der Waals surface area contributed by atoms with Crippen LogP contribution in [-0.2, 0) is 6.54 Å². The van der Waals surface area contributed by atoms with Crippen molar-refractivity contribution in [3.63, 3.8) is 0 Å². The maximum atomic E-state index is 5.22. The molecule has 0 saturated carbocycles. The molecule has 0 aliphatic carbocycles. The Hall–Kier alpha value is -0.0600. The first-order valence-electron chi connectivity index (χ1n) is 5.68. The predicted octanol–water partition coefficient (Wildman–Crippen LogP) is 4.06. The van der Waals surface area contributed by atoms with Crippen molar-refractivity contribution in [1.82, 2.24) is 4.90 Å². The summed E-state index contributed by atoms with van der Waals surface area (Å²) in [7, 11) is 3.83. The van der Waals surface area contributed by atoms with Gasteiger partial charge in [-0.1, -0.05) is 28.9 Å². The van der Waals surface area contributed by atoms with Crippen LogP contribution in [0.25, 0.3) is 0 Å². The van der Waals surface area contributed by atoms with Gasteiger partial charge in [-0.05, 0) is 53.6 Å². The average Bonchev–Trinajstić information content (AvgIpc) is 2.26. The maximum Gasteiger partial charge on any atom is 0.133 e. The van der Waals surface area contributed by atoms with Gasteiger partial charge in [0.1, 0.15) is 5.75 Å². The highest BCUT2D eigenvalue weighted by atomic mass is 79.9. The molecule has 0 saturated heterocycles. The van der Waals surface area contributed by atoms with Gasteiger partial charge in [0.15, 0.2) is 0 Å². The van der Waals surface area contributed by atoms with Crippen LogP contribution in [0.5, 0.6) is 5.75 Å². The standard InChI is InChI=1S/C13H19Br2NO/c1-10(14)6-7-16(2)9-11-4-5-13(17-3)12(15)8-11/h4-5,8,10H,6-7,9H2,1-3H3. The smallest absolute Gasteiger partial charge is 0.133 e. The molecule has 17 heavy (non-hydrogen) atoms. The highest BCUT2D eigenvalue weighted by Crippen LogP contribution is 2.25. The van der Waals surface area contributed by atoms with Crippen molar-refractivity contribution in [3.8, 4) is 5.75 Å². The summed E-state index contributed by atoms with van der Waals surface area (Å²) in [6, 6.07) is 6.23. The first-order valence-corrected chi connectivity index (χ1v) is 7.39. The van der Waals surface area contributed by atoms with Gasteiger partial charge in [0, 0.05) is 11.4 Å². The molecule has 2 nitrogen and oxygen atoms in total. The minimum absolute atomic E-state index is 0.576. The van der Waals surface area contributed by atoms with Gasteiger partial charge in [-0.15, -0.1) is 0 Å². The van der Waals surface area contributed by atoms with Crippen LogP contribution in [-0.4, -0.2) is 30.4 Å². The molecular formula is C13H19Br2NO. The van der Waals surface area contributed by atoms with E-state index < -0.39 is 0 Å². The zero-order valence-corrected chi connectivity index (χ0v) is 13.7. The van der Waals surface area contributed by atoms with Gasteiger partial charge in [-0.3, -0.25) is 0 Å². The van der Waals surface area contributed by atoms with Gasteiger partial charge in [0.05, 0.1) is 11.6 Å². The van der Waals surface area contributed by atoms with Crippen molar-refractivity contribution < 1.29 is 4.74 Å². The summed E-state index contributed by atoms with van der Waals surface area (Å²) >= 11 is 7.08. The highest BCUT2D eigenvalue weighted by Gasteiger charge is 2.05. The third-order valence-corrected chi connectivity index (χ3v) is 3.65. The quantitative estimate of drug-likeness (QED) is 0.705. The van der Waals surface area contributed by atoms with Crippen molar-refractivity contribution in [2.24, 2.45) is 0 Å². The molecule has 0 aromatic heterocycles. The SMILES string of the molecule is COc1ccc(CN(C)CCC(C)Br)cc1Br. The molecule has 1 aromatic rings. The van der Waals surface area contributed by atoms with Crippen LogP contribution in [0.1, 0.15) is 18.9 Å². The average molecular weight is 365 g/mol. The lowest BCUT2D eigenvalue weighted by atomic mass is 10.2. The van der Waals surface area contributed by atoms with Crippen molar-refractivity contribution in [2.45, 2.75) is 24.7 Å². The van der Waals surface area contributed by atoms with Gasteiger partial charge in [-0.25, -0.2) is 0 Å². The predicted molar refractivity (Wildman–Crippen MR) is 80.0 cm³/mol. The third kappa shape index (κ3) is 5.40. The van der Waals surface area contributed by atoms with Crippen molar-refractivity contribution in [3.05, 3.63) is 28.2 Å². The molecule has 0 spiro atoms. The summed E-state index contributed by atoms with van der Waals surface area (Å²) in [4.78, 5) is 2.90. The summed E-state index contributed by atoms with van der Waals surface area (Å²) in [6.07, 6.45) is 1.16. The van der Waals surface area contributed by atoms with E-state index in [1.807, 2.05) is 6.07 Å². The molecule has 1 unspecified atom stereocenters. The van der Waals surface area contributed by atoms with E-state index in [2.05, 4.69) is 62.9 Å². The number of benzene rings is 1. The Bertz CT molecular complexity index is 355. The van der Waals surface area contributed by atoms with Gasteiger partial charge >= 0.3 is 0 Å². The fourth-order valence-corrected chi connectivity index (χ4v) is 2.39. The van der Waals surface area contributed by atoms with E-state index in [4.69, 9.17) is 4.74 Å². The number of halogens is 2. The van der Waals surface area contributed by atoms with E-state index in [1.54, 1.807) is 7.11 Å². The van der Waals surface area contributed by atoms with Crippen LogP contribution >= 0.6 is 31.9 Å². The summed E-state index contributed by atoms with van der Waals surface area (Å²) in [5.41, 5.74) is 1.29. The first-order chi connectivity index (χ1) is 8.02. The topological polar surface area (TPSA) is 12.5 Å². The zero-order valence-electron chi connectivity index (χ0n) is 10.5. The molecule has 0 radical (unpaired) electrons. The van der Waals surface area contributed by atoms with Crippen LogP contribution < -0.4 is 4.74 Å². The van der Waals surface area contributed by atoms with Crippen LogP contribution in [0.3, 0.4) is 0 Å². The monoisotopic (exact) mass is 363 g/mol. The minimum atomic E-state index is 0.576. The number of nitrogens with zero attached hydrogens (tertiary/aromatic N) is 1. The third-order valence-electron chi connectivity index (χ3n) is 2.58. The summed E-state index contributed by atoms with van der Waals surface area (Å²) in [5, 5.41) is 0. The Morgan fingerprint density at radius 2 is 2.12 bits per heavy atom. The van der Waals surface area contributed by atoms with Crippen LogP contribution in [0.2, 0.25) is 0 Å². The fraction of sp³-hybridized carbons (Fsp3) is 0.538. The molecule has 96 valence electrons. The number of alkyl halides is 1. The molecule has 4 heteroatoms. The van der Waals surface area contributed by atoms with E-state index >= 15 is 0 Å². The van der Waals surface area contributed by atoms with E-state index in [9.17, 15) is 0 Å². The fourth-order valence-electron chi connectivity index (χ4n) is 1.60. The van der Waals surface area contributed by atoms with Crippen LogP contribution in [0.15, 0.2) is 22.7 Å². The Morgan fingerprint density at radius 1 is 1.41 bits per heavy atom. The number of ether oxygens (including phenoxy) is 1. The molecule has 1 atom stereocenters. The van der Waals surface area contributed by atoms with E-state index in [0.29, 0.717) is 4.83 Å². The Morgan fingerprint density at radius 3 is 2.65 bits per heavy atom. The minimum Gasteiger partial charge on any atom is -0.496 e. The largest absolute Gasteiger partial charge is 0.496 e. The van der Waals surface area contributed by atoms with Gasteiger partial charge < -0.3 is 9.64 Å². The molecule has 1 aromatic carbocycles. The zero-order chi connectivity index (χ0) is 12.8. The van der Waals surface area contributed by atoms with E-state index in [1.165, 1.54) is 5.56 Å². The van der Waals surface area contributed by atoms with Gasteiger partial charge in [0.2, 0.25) is 0 Å². The lowest BCUT2D eigenvalue weighted by Crippen LogP contribution is -2.20. The lowest BCUT2D eigenvalue weighted by Gasteiger charge is -2.18.